The van der Waals surface area contributed by atoms with Gasteiger partial charge in [-0.2, -0.15) is 0 Å². The molecule has 1 amide bonds. The fraction of sp³-hybridized carbons (Fsp3) is 0.320. The summed E-state index contributed by atoms with van der Waals surface area (Å²) in [5.41, 5.74) is 5.68. The van der Waals surface area contributed by atoms with E-state index in [2.05, 4.69) is 11.4 Å². The molecule has 1 heterocycles. The van der Waals surface area contributed by atoms with E-state index in [0.29, 0.717) is 17.0 Å². The van der Waals surface area contributed by atoms with Crippen molar-refractivity contribution in [3.63, 3.8) is 0 Å². The number of benzene rings is 2. The van der Waals surface area contributed by atoms with Gasteiger partial charge in [-0.1, -0.05) is 6.07 Å². The molecule has 0 saturated carbocycles. The van der Waals surface area contributed by atoms with Gasteiger partial charge in [0.25, 0.3) is 0 Å². The highest BCUT2D eigenvalue weighted by Gasteiger charge is 2.23. The van der Waals surface area contributed by atoms with Gasteiger partial charge in [-0.3, -0.25) is 4.79 Å². The van der Waals surface area contributed by atoms with Crippen LogP contribution in [0.15, 0.2) is 34.8 Å². The zero-order valence-electron chi connectivity index (χ0n) is 17.8. The second-order valence-electron chi connectivity index (χ2n) is 7.95. The number of nitrogens with one attached hydrogen (secondary N) is 1. The quantitative estimate of drug-likeness (QED) is 0.530. The molecular weight excluding hydrogens is 381 g/mol. The monoisotopic (exact) mass is 407 g/mol. The number of carbonyl (C=O) groups excluding carboxylic acids is 1. The van der Waals surface area contributed by atoms with Gasteiger partial charge in [0.2, 0.25) is 5.91 Å². The minimum Gasteiger partial charge on any atom is -0.496 e. The Morgan fingerprint density at radius 3 is 2.70 bits per heavy atom. The highest BCUT2D eigenvalue weighted by molar-refractivity contribution is 6.05. The summed E-state index contributed by atoms with van der Waals surface area (Å²) in [6.45, 7) is 5.55. The van der Waals surface area contributed by atoms with E-state index in [0.717, 1.165) is 59.1 Å². The molecule has 30 heavy (non-hydrogen) atoms. The fourth-order valence-electron chi connectivity index (χ4n) is 4.22. The number of methoxy groups -OCH3 is 1. The molecule has 0 atom stereocenters. The summed E-state index contributed by atoms with van der Waals surface area (Å²) in [7, 11) is 1.63. The number of hydrogen-bond acceptors (Lipinski definition) is 3. The molecule has 4 nitrogen and oxygen atoms in total. The summed E-state index contributed by atoms with van der Waals surface area (Å²) < 4.78 is 25.6. The van der Waals surface area contributed by atoms with Crippen LogP contribution in [-0.4, -0.2) is 13.0 Å². The van der Waals surface area contributed by atoms with Crippen molar-refractivity contribution in [2.24, 2.45) is 0 Å². The number of carbonyl (C=O) groups is 1. The molecule has 3 aromatic rings. The average Bonchev–Trinajstić information content (AvgIpc) is 3.09. The molecule has 0 unspecified atom stereocenters. The molecular formula is C25H26FNO3. The lowest BCUT2D eigenvalue weighted by molar-refractivity contribution is -0.111. The van der Waals surface area contributed by atoms with Crippen LogP contribution < -0.4 is 10.1 Å². The van der Waals surface area contributed by atoms with Crippen LogP contribution in [0.25, 0.3) is 16.5 Å². The Bertz CT molecular complexity index is 1170. The van der Waals surface area contributed by atoms with Gasteiger partial charge in [0.05, 0.1) is 7.11 Å². The predicted molar refractivity (Wildman–Crippen MR) is 118 cm³/mol. The van der Waals surface area contributed by atoms with Crippen molar-refractivity contribution in [1.29, 1.82) is 0 Å². The highest BCUT2D eigenvalue weighted by atomic mass is 19.1. The van der Waals surface area contributed by atoms with Crippen LogP contribution in [0, 0.1) is 19.7 Å². The van der Waals surface area contributed by atoms with Crippen LogP contribution in [0.1, 0.15) is 47.8 Å². The van der Waals surface area contributed by atoms with Crippen molar-refractivity contribution in [1.82, 2.24) is 0 Å². The first-order valence-corrected chi connectivity index (χ1v) is 10.3. The summed E-state index contributed by atoms with van der Waals surface area (Å²) in [6.07, 6.45) is 5.80. The van der Waals surface area contributed by atoms with Crippen molar-refractivity contribution in [3.8, 4) is 5.75 Å². The molecule has 0 radical (unpaired) electrons. The molecule has 0 saturated heterocycles. The summed E-state index contributed by atoms with van der Waals surface area (Å²) in [5.74, 6) is 1.11. The minimum atomic E-state index is -0.346. The molecule has 1 aliphatic carbocycles. The summed E-state index contributed by atoms with van der Waals surface area (Å²) in [5, 5.41) is 3.83. The molecule has 0 spiro atoms. The number of hydrogen-bond donors (Lipinski definition) is 1. The van der Waals surface area contributed by atoms with Crippen molar-refractivity contribution >= 4 is 28.1 Å². The zero-order chi connectivity index (χ0) is 21.4. The Labute approximate surface area is 175 Å². The van der Waals surface area contributed by atoms with Crippen molar-refractivity contribution in [3.05, 3.63) is 64.2 Å². The van der Waals surface area contributed by atoms with Gasteiger partial charge in [-0.25, -0.2) is 4.39 Å². The SMILES string of the molecule is COc1c(/C(C)=C/C(=O)Nc2ccc(C)c(F)c2)cc2c3c(oc2c1C)CCCC3. The molecule has 5 heteroatoms. The summed E-state index contributed by atoms with van der Waals surface area (Å²) in [4.78, 5) is 12.6. The number of amides is 1. The Morgan fingerprint density at radius 2 is 1.97 bits per heavy atom. The van der Waals surface area contributed by atoms with E-state index in [-0.39, 0.29) is 11.7 Å². The first-order valence-electron chi connectivity index (χ1n) is 10.3. The van der Waals surface area contributed by atoms with Gasteiger partial charge >= 0.3 is 0 Å². The van der Waals surface area contributed by atoms with E-state index in [4.69, 9.17) is 9.15 Å². The Morgan fingerprint density at radius 1 is 1.20 bits per heavy atom. The summed E-state index contributed by atoms with van der Waals surface area (Å²) in [6, 6.07) is 6.72. The van der Waals surface area contributed by atoms with Gasteiger partial charge < -0.3 is 14.5 Å². The number of anilines is 1. The first-order chi connectivity index (χ1) is 14.4. The zero-order valence-corrected chi connectivity index (χ0v) is 17.8. The average molecular weight is 407 g/mol. The van der Waals surface area contributed by atoms with E-state index in [1.54, 1.807) is 26.2 Å². The maximum absolute atomic E-state index is 13.8. The molecule has 2 aromatic carbocycles. The largest absolute Gasteiger partial charge is 0.496 e. The fourth-order valence-corrected chi connectivity index (χ4v) is 4.22. The number of halogens is 1. The van der Waals surface area contributed by atoms with Gasteiger partial charge in [-0.15, -0.1) is 0 Å². The Kier molecular flexibility index (Phi) is 5.37. The van der Waals surface area contributed by atoms with Crippen LogP contribution in [0.2, 0.25) is 0 Å². The van der Waals surface area contributed by atoms with Crippen LogP contribution in [0.4, 0.5) is 10.1 Å². The van der Waals surface area contributed by atoms with E-state index in [1.807, 2.05) is 13.8 Å². The smallest absolute Gasteiger partial charge is 0.248 e. The lowest BCUT2D eigenvalue weighted by atomic mass is 9.93. The molecule has 156 valence electrons. The third kappa shape index (κ3) is 3.60. The van der Waals surface area contributed by atoms with E-state index >= 15 is 0 Å². The van der Waals surface area contributed by atoms with Gasteiger partial charge in [0, 0.05) is 40.3 Å². The van der Waals surface area contributed by atoms with Crippen molar-refractivity contribution in [2.45, 2.75) is 46.5 Å². The Balaban J connectivity index is 1.71. The Hall–Kier alpha value is -3.08. The van der Waals surface area contributed by atoms with Crippen LogP contribution in [-0.2, 0) is 17.6 Å². The molecule has 1 aliphatic rings. The summed E-state index contributed by atoms with van der Waals surface area (Å²) >= 11 is 0. The number of allylic oxidation sites excluding steroid dienone is 1. The normalized spacial score (nSPS) is 14.0. The minimum absolute atomic E-state index is 0.315. The van der Waals surface area contributed by atoms with Gasteiger partial charge in [0.1, 0.15) is 22.9 Å². The van der Waals surface area contributed by atoms with Crippen LogP contribution in [0.3, 0.4) is 0 Å². The number of furan rings is 1. The molecule has 1 N–H and O–H groups in total. The lowest BCUT2D eigenvalue weighted by Gasteiger charge is -2.13. The predicted octanol–water partition coefficient (Wildman–Crippen LogP) is 6.12. The maximum Gasteiger partial charge on any atom is 0.248 e. The van der Waals surface area contributed by atoms with Gasteiger partial charge in [0.15, 0.2) is 0 Å². The van der Waals surface area contributed by atoms with E-state index in [1.165, 1.54) is 17.7 Å². The second kappa shape index (κ2) is 7.98. The lowest BCUT2D eigenvalue weighted by Crippen LogP contribution is -2.09. The first kappa shape index (κ1) is 20.2. The molecule has 1 aromatic heterocycles. The third-order valence-electron chi connectivity index (χ3n) is 5.84. The van der Waals surface area contributed by atoms with Crippen LogP contribution >= 0.6 is 0 Å². The number of fused-ring (bicyclic) bond motifs is 3. The van der Waals surface area contributed by atoms with Crippen LogP contribution in [0.5, 0.6) is 5.75 Å². The maximum atomic E-state index is 13.8. The molecule has 0 aliphatic heterocycles. The van der Waals surface area contributed by atoms with E-state index in [9.17, 15) is 9.18 Å². The number of ether oxygens (including phenoxy) is 1. The molecule has 4 rings (SSSR count). The number of aryl methyl sites for hydroxylation is 4. The van der Waals surface area contributed by atoms with Crippen molar-refractivity contribution < 1.29 is 18.3 Å². The topological polar surface area (TPSA) is 51.5 Å². The molecule has 0 fully saturated rings. The van der Waals surface area contributed by atoms with E-state index < -0.39 is 0 Å². The third-order valence-corrected chi connectivity index (χ3v) is 5.84. The standard InChI is InChI=1S/C25H26FNO3/c1-14-9-10-17(12-21(14)26)27-23(28)11-15(2)19-13-20-18-7-5-6-8-22(18)30-25(20)16(3)24(19)29-4/h9-13H,5-8H2,1-4H3,(H,27,28)/b15-11+. The molecule has 0 bridgehead atoms. The number of rotatable bonds is 4. The second-order valence-corrected chi connectivity index (χ2v) is 7.95. The highest BCUT2D eigenvalue weighted by Crippen LogP contribution is 2.41. The van der Waals surface area contributed by atoms with Gasteiger partial charge in [-0.05, 0) is 69.4 Å². The van der Waals surface area contributed by atoms with Crippen molar-refractivity contribution in [2.75, 3.05) is 12.4 Å².